The number of rotatable bonds is 3. The van der Waals surface area contributed by atoms with Crippen molar-refractivity contribution in [3.8, 4) is 0 Å². The number of nitrogens with one attached hydrogen (secondary N) is 1. The summed E-state index contributed by atoms with van der Waals surface area (Å²) in [5, 5.41) is 2.78. The van der Waals surface area contributed by atoms with Crippen molar-refractivity contribution >= 4 is 5.91 Å². The van der Waals surface area contributed by atoms with Crippen molar-refractivity contribution in [3.63, 3.8) is 0 Å². The molecule has 92 valence electrons. The van der Waals surface area contributed by atoms with Gasteiger partial charge in [-0.2, -0.15) is 0 Å². The van der Waals surface area contributed by atoms with Crippen molar-refractivity contribution in [2.75, 3.05) is 0 Å². The minimum atomic E-state index is -0.206. The lowest BCUT2D eigenvalue weighted by Gasteiger charge is -2.06. The maximum absolute atomic E-state index is 11.8. The minimum Gasteiger partial charge on any atom is -0.348 e. The normalized spacial score (nSPS) is 10.1. The van der Waals surface area contributed by atoms with Crippen molar-refractivity contribution in [2.24, 2.45) is 7.05 Å². The molecule has 5 heteroatoms. The summed E-state index contributed by atoms with van der Waals surface area (Å²) in [4.78, 5) is 26.9. The first-order valence-electron chi connectivity index (χ1n) is 5.50. The first kappa shape index (κ1) is 12.0. The Balaban J connectivity index is 2.04. The first-order valence-corrected chi connectivity index (χ1v) is 5.50. The summed E-state index contributed by atoms with van der Waals surface area (Å²) in [6.45, 7) is 0.435. The lowest BCUT2D eigenvalue weighted by Crippen LogP contribution is -2.25. The van der Waals surface area contributed by atoms with E-state index in [1.807, 2.05) is 12.1 Å². The number of pyridine rings is 2. The molecule has 2 aromatic rings. The van der Waals surface area contributed by atoms with Crippen LogP contribution in [0.2, 0.25) is 0 Å². The van der Waals surface area contributed by atoms with Crippen molar-refractivity contribution in [1.82, 2.24) is 14.9 Å². The third-order valence-electron chi connectivity index (χ3n) is 2.55. The molecule has 2 rings (SSSR count). The molecule has 18 heavy (non-hydrogen) atoms. The highest BCUT2D eigenvalue weighted by Gasteiger charge is 2.05. The van der Waals surface area contributed by atoms with E-state index in [0.29, 0.717) is 12.1 Å². The molecule has 2 aromatic heterocycles. The molecule has 0 saturated heterocycles. The van der Waals surface area contributed by atoms with Gasteiger partial charge in [0.15, 0.2) is 0 Å². The van der Waals surface area contributed by atoms with E-state index in [2.05, 4.69) is 10.3 Å². The highest BCUT2D eigenvalue weighted by Crippen LogP contribution is 1.98. The van der Waals surface area contributed by atoms with Crippen LogP contribution in [0.5, 0.6) is 0 Å². The highest BCUT2D eigenvalue weighted by molar-refractivity contribution is 5.93. The van der Waals surface area contributed by atoms with Gasteiger partial charge >= 0.3 is 0 Å². The highest BCUT2D eigenvalue weighted by atomic mass is 16.1. The van der Waals surface area contributed by atoms with E-state index < -0.39 is 0 Å². The molecule has 0 bridgehead atoms. The molecule has 0 unspecified atom stereocenters. The lowest BCUT2D eigenvalue weighted by atomic mass is 10.2. The SMILES string of the molecule is Cn1cc(C(=O)NCc2ccncc2)ccc1=O. The number of amides is 1. The molecule has 0 atom stereocenters. The van der Waals surface area contributed by atoms with Crippen molar-refractivity contribution < 1.29 is 4.79 Å². The maximum atomic E-state index is 11.8. The zero-order valence-corrected chi connectivity index (χ0v) is 9.96. The Hall–Kier alpha value is -2.43. The van der Waals surface area contributed by atoms with Crippen LogP contribution in [0.25, 0.3) is 0 Å². The van der Waals surface area contributed by atoms with Crippen LogP contribution < -0.4 is 10.9 Å². The van der Waals surface area contributed by atoms with Crippen LogP contribution in [0.15, 0.2) is 47.7 Å². The second kappa shape index (κ2) is 5.27. The van der Waals surface area contributed by atoms with Crippen LogP contribution in [-0.2, 0) is 13.6 Å². The molecule has 0 fully saturated rings. The fraction of sp³-hybridized carbons (Fsp3) is 0.154. The molecule has 0 aliphatic rings. The Kier molecular flexibility index (Phi) is 3.52. The van der Waals surface area contributed by atoms with E-state index in [9.17, 15) is 9.59 Å². The number of hydrogen-bond donors (Lipinski definition) is 1. The third kappa shape index (κ3) is 2.82. The van der Waals surface area contributed by atoms with Gasteiger partial charge in [0.25, 0.3) is 5.91 Å². The monoisotopic (exact) mass is 243 g/mol. The number of aromatic nitrogens is 2. The average molecular weight is 243 g/mol. The fourth-order valence-electron chi connectivity index (χ4n) is 1.51. The Labute approximate surface area is 104 Å². The second-order valence-corrected chi connectivity index (χ2v) is 3.91. The Morgan fingerprint density at radius 3 is 2.67 bits per heavy atom. The van der Waals surface area contributed by atoms with Crippen molar-refractivity contribution in [2.45, 2.75) is 6.54 Å². The number of aryl methyl sites for hydroxylation is 1. The molecule has 1 amide bonds. The Morgan fingerprint density at radius 1 is 1.28 bits per heavy atom. The van der Waals surface area contributed by atoms with Gasteiger partial charge in [0, 0.05) is 38.2 Å². The Morgan fingerprint density at radius 2 is 2.00 bits per heavy atom. The summed E-state index contributed by atoms with van der Waals surface area (Å²) in [6.07, 6.45) is 4.87. The van der Waals surface area contributed by atoms with Gasteiger partial charge in [0.2, 0.25) is 5.56 Å². The fourth-order valence-corrected chi connectivity index (χ4v) is 1.51. The summed E-state index contributed by atoms with van der Waals surface area (Å²) in [5.74, 6) is -0.206. The van der Waals surface area contributed by atoms with Crippen LogP contribution in [-0.4, -0.2) is 15.5 Å². The predicted octanol–water partition coefficient (Wildman–Crippen LogP) is 0.710. The third-order valence-corrected chi connectivity index (χ3v) is 2.55. The van der Waals surface area contributed by atoms with Crippen molar-refractivity contribution in [3.05, 3.63) is 64.3 Å². The molecule has 5 nitrogen and oxygen atoms in total. The average Bonchev–Trinajstić information content (AvgIpc) is 2.40. The van der Waals surface area contributed by atoms with E-state index in [1.165, 1.54) is 22.9 Å². The number of carbonyl (C=O) groups is 1. The molecule has 0 aliphatic heterocycles. The van der Waals surface area contributed by atoms with Gasteiger partial charge in [-0.15, -0.1) is 0 Å². The molecule has 0 aliphatic carbocycles. The topological polar surface area (TPSA) is 64.0 Å². The van der Waals surface area contributed by atoms with E-state index in [-0.39, 0.29) is 11.5 Å². The first-order chi connectivity index (χ1) is 8.66. The molecular formula is C13H13N3O2. The molecular weight excluding hydrogens is 230 g/mol. The standard InChI is InChI=1S/C13H13N3O2/c1-16-9-11(2-3-12(16)17)13(18)15-8-10-4-6-14-7-5-10/h2-7,9H,8H2,1H3,(H,15,18). The zero-order valence-electron chi connectivity index (χ0n) is 9.96. The molecule has 0 saturated carbocycles. The van der Waals surface area contributed by atoms with E-state index >= 15 is 0 Å². The van der Waals surface area contributed by atoms with Gasteiger partial charge in [0.05, 0.1) is 5.56 Å². The summed E-state index contributed by atoms with van der Waals surface area (Å²) < 4.78 is 1.38. The van der Waals surface area contributed by atoms with Crippen LogP contribution >= 0.6 is 0 Å². The molecule has 1 N–H and O–H groups in total. The molecule has 0 aromatic carbocycles. The van der Waals surface area contributed by atoms with Crippen LogP contribution in [0, 0.1) is 0 Å². The van der Waals surface area contributed by atoms with Gasteiger partial charge < -0.3 is 9.88 Å². The summed E-state index contributed by atoms with van der Waals surface area (Å²) in [6, 6.07) is 6.56. The predicted molar refractivity (Wildman–Crippen MR) is 67.1 cm³/mol. The van der Waals surface area contributed by atoms with E-state index in [4.69, 9.17) is 0 Å². The second-order valence-electron chi connectivity index (χ2n) is 3.91. The van der Waals surface area contributed by atoms with E-state index in [0.717, 1.165) is 5.56 Å². The number of carbonyl (C=O) groups excluding carboxylic acids is 1. The van der Waals surface area contributed by atoms with Crippen LogP contribution in [0.1, 0.15) is 15.9 Å². The minimum absolute atomic E-state index is 0.138. The summed E-state index contributed by atoms with van der Waals surface area (Å²) in [7, 11) is 1.61. The molecule has 0 spiro atoms. The van der Waals surface area contributed by atoms with Gasteiger partial charge in [-0.25, -0.2) is 0 Å². The van der Waals surface area contributed by atoms with Crippen molar-refractivity contribution in [1.29, 1.82) is 0 Å². The molecule has 0 radical (unpaired) electrons. The number of nitrogens with zero attached hydrogens (tertiary/aromatic N) is 2. The summed E-state index contributed by atoms with van der Waals surface area (Å²) in [5.41, 5.74) is 1.30. The van der Waals surface area contributed by atoms with Crippen LogP contribution in [0.3, 0.4) is 0 Å². The lowest BCUT2D eigenvalue weighted by molar-refractivity contribution is 0.0950. The quantitative estimate of drug-likeness (QED) is 0.863. The van der Waals surface area contributed by atoms with Gasteiger partial charge in [-0.1, -0.05) is 0 Å². The maximum Gasteiger partial charge on any atom is 0.253 e. The smallest absolute Gasteiger partial charge is 0.253 e. The Bertz CT molecular complexity index is 605. The van der Waals surface area contributed by atoms with Gasteiger partial charge in [0.1, 0.15) is 0 Å². The molecule has 2 heterocycles. The van der Waals surface area contributed by atoms with Gasteiger partial charge in [-0.05, 0) is 23.8 Å². The van der Waals surface area contributed by atoms with Crippen LogP contribution in [0.4, 0.5) is 0 Å². The largest absolute Gasteiger partial charge is 0.348 e. The summed E-state index contributed by atoms with van der Waals surface area (Å²) >= 11 is 0. The van der Waals surface area contributed by atoms with E-state index in [1.54, 1.807) is 19.4 Å². The zero-order chi connectivity index (χ0) is 13.0. The number of hydrogen-bond acceptors (Lipinski definition) is 3. The van der Waals surface area contributed by atoms with Gasteiger partial charge in [-0.3, -0.25) is 14.6 Å².